The van der Waals surface area contributed by atoms with Crippen molar-refractivity contribution in [1.82, 2.24) is 0 Å². The van der Waals surface area contributed by atoms with Crippen LogP contribution in [0.3, 0.4) is 0 Å². The van der Waals surface area contributed by atoms with Crippen molar-refractivity contribution in [2.24, 2.45) is 0 Å². The van der Waals surface area contributed by atoms with E-state index in [-0.39, 0.29) is 17.9 Å². The van der Waals surface area contributed by atoms with Crippen molar-refractivity contribution in [3.63, 3.8) is 0 Å². The lowest BCUT2D eigenvalue weighted by atomic mass is 9.97. The van der Waals surface area contributed by atoms with E-state index in [1.807, 2.05) is 18.2 Å². The minimum Gasteiger partial charge on any atom is -0.489 e. The molecule has 2 aromatic rings. The standard InChI is InChI=1S/C16H15FO3/c1-16(19,13-5-3-2-4-6-13)11-20-15-8-7-14(17)9-12(15)10-18/h2-10,19H,11H2,1H3. The second kappa shape index (κ2) is 5.84. The number of benzene rings is 2. The maximum Gasteiger partial charge on any atom is 0.153 e. The van der Waals surface area contributed by atoms with Gasteiger partial charge >= 0.3 is 0 Å². The molecule has 0 bridgehead atoms. The highest BCUT2D eigenvalue weighted by Gasteiger charge is 2.24. The van der Waals surface area contributed by atoms with E-state index in [0.717, 1.165) is 6.07 Å². The van der Waals surface area contributed by atoms with Crippen LogP contribution < -0.4 is 4.74 Å². The highest BCUT2D eigenvalue weighted by atomic mass is 19.1. The van der Waals surface area contributed by atoms with Gasteiger partial charge in [-0.25, -0.2) is 4.39 Å². The summed E-state index contributed by atoms with van der Waals surface area (Å²) in [5.74, 6) is -0.258. The second-order valence-corrected chi connectivity index (χ2v) is 4.73. The van der Waals surface area contributed by atoms with Crippen LogP contribution in [0, 0.1) is 5.82 Å². The molecule has 0 radical (unpaired) electrons. The summed E-state index contributed by atoms with van der Waals surface area (Å²) >= 11 is 0. The van der Waals surface area contributed by atoms with Gasteiger partial charge in [-0.3, -0.25) is 4.79 Å². The molecule has 1 N–H and O–H groups in total. The molecule has 0 amide bonds. The molecule has 2 aromatic carbocycles. The Balaban J connectivity index is 2.14. The molecule has 0 aromatic heterocycles. The van der Waals surface area contributed by atoms with E-state index >= 15 is 0 Å². The molecule has 0 aliphatic rings. The Kier molecular flexibility index (Phi) is 4.15. The van der Waals surface area contributed by atoms with Crippen LogP contribution in [-0.2, 0) is 5.60 Å². The SMILES string of the molecule is CC(O)(COc1ccc(F)cc1C=O)c1ccccc1. The van der Waals surface area contributed by atoms with Gasteiger partial charge < -0.3 is 9.84 Å². The highest BCUT2D eigenvalue weighted by Crippen LogP contribution is 2.24. The quantitative estimate of drug-likeness (QED) is 0.853. The van der Waals surface area contributed by atoms with Gasteiger partial charge in [-0.2, -0.15) is 0 Å². The van der Waals surface area contributed by atoms with E-state index < -0.39 is 11.4 Å². The second-order valence-electron chi connectivity index (χ2n) is 4.73. The summed E-state index contributed by atoms with van der Waals surface area (Å²) in [6, 6.07) is 12.7. The summed E-state index contributed by atoms with van der Waals surface area (Å²) in [7, 11) is 0. The third-order valence-electron chi connectivity index (χ3n) is 3.00. The van der Waals surface area contributed by atoms with E-state index in [4.69, 9.17) is 4.74 Å². The molecule has 1 unspecified atom stereocenters. The van der Waals surface area contributed by atoms with Gasteiger partial charge in [0.05, 0.1) is 5.56 Å². The third-order valence-corrected chi connectivity index (χ3v) is 3.00. The van der Waals surface area contributed by atoms with Gasteiger partial charge in [0, 0.05) is 0 Å². The van der Waals surface area contributed by atoms with E-state index in [1.54, 1.807) is 19.1 Å². The zero-order chi connectivity index (χ0) is 14.6. The number of carbonyl (C=O) groups is 1. The van der Waals surface area contributed by atoms with Gasteiger partial charge in [-0.1, -0.05) is 30.3 Å². The molecule has 0 aliphatic carbocycles. The molecule has 2 rings (SSSR count). The summed E-state index contributed by atoms with van der Waals surface area (Å²) in [6.07, 6.45) is 0.523. The van der Waals surface area contributed by atoms with Crippen LogP contribution in [0.2, 0.25) is 0 Å². The van der Waals surface area contributed by atoms with E-state index in [9.17, 15) is 14.3 Å². The Bertz CT molecular complexity index is 594. The fraction of sp³-hybridized carbons (Fsp3) is 0.188. The largest absolute Gasteiger partial charge is 0.489 e. The van der Waals surface area contributed by atoms with Crippen LogP contribution in [0.5, 0.6) is 5.75 Å². The van der Waals surface area contributed by atoms with E-state index in [1.165, 1.54) is 12.1 Å². The summed E-state index contributed by atoms with van der Waals surface area (Å²) in [6.45, 7) is 1.58. The highest BCUT2D eigenvalue weighted by molar-refractivity contribution is 5.79. The normalized spacial score (nSPS) is 13.6. The topological polar surface area (TPSA) is 46.5 Å². The molecular weight excluding hydrogens is 259 g/mol. The molecule has 0 heterocycles. The number of ether oxygens (including phenoxy) is 1. The Morgan fingerprint density at radius 3 is 2.60 bits per heavy atom. The number of aldehydes is 1. The minimum absolute atomic E-state index is 0.0382. The average molecular weight is 274 g/mol. The summed E-state index contributed by atoms with van der Waals surface area (Å²) in [4.78, 5) is 10.9. The van der Waals surface area contributed by atoms with E-state index in [2.05, 4.69) is 0 Å². The van der Waals surface area contributed by atoms with Gasteiger partial charge in [-0.15, -0.1) is 0 Å². The summed E-state index contributed by atoms with van der Waals surface area (Å²) in [5, 5.41) is 10.4. The maximum atomic E-state index is 13.0. The zero-order valence-electron chi connectivity index (χ0n) is 11.0. The number of halogens is 1. The Morgan fingerprint density at radius 1 is 1.25 bits per heavy atom. The van der Waals surface area contributed by atoms with Crippen molar-refractivity contribution in [3.8, 4) is 5.75 Å². The Morgan fingerprint density at radius 2 is 1.95 bits per heavy atom. The predicted molar refractivity (Wildman–Crippen MR) is 73.3 cm³/mol. The van der Waals surface area contributed by atoms with Crippen LogP contribution in [0.15, 0.2) is 48.5 Å². The molecule has 4 heteroatoms. The molecule has 0 saturated heterocycles. The molecule has 0 spiro atoms. The lowest BCUT2D eigenvalue weighted by Gasteiger charge is -2.24. The molecular formula is C16H15FO3. The van der Waals surface area contributed by atoms with Crippen molar-refractivity contribution >= 4 is 6.29 Å². The van der Waals surface area contributed by atoms with Gasteiger partial charge in [0.1, 0.15) is 23.8 Å². The lowest BCUT2D eigenvalue weighted by molar-refractivity contribution is 0.00737. The van der Waals surface area contributed by atoms with Crippen molar-refractivity contribution in [3.05, 3.63) is 65.5 Å². The first-order valence-electron chi connectivity index (χ1n) is 6.18. The number of aliphatic hydroxyl groups is 1. The number of rotatable bonds is 5. The monoisotopic (exact) mass is 274 g/mol. The molecule has 0 saturated carbocycles. The van der Waals surface area contributed by atoms with Crippen molar-refractivity contribution in [2.75, 3.05) is 6.61 Å². The molecule has 20 heavy (non-hydrogen) atoms. The first-order chi connectivity index (χ1) is 9.53. The first kappa shape index (κ1) is 14.2. The van der Waals surface area contributed by atoms with Crippen molar-refractivity contribution in [2.45, 2.75) is 12.5 Å². The van der Waals surface area contributed by atoms with Gasteiger partial charge in [0.2, 0.25) is 0 Å². The van der Waals surface area contributed by atoms with Gasteiger partial charge in [0.25, 0.3) is 0 Å². The van der Waals surface area contributed by atoms with Gasteiger partial charge in [-0.05, 0) is 30.7 Å². The predicted octanol–water partition coefficient (Wildman–Crippen LogP) is 2.92. The minimum atomic E-state index is -1.20. The smallest absolute Gasteiger partial charge is 0.153 e. The van der Waals surface area contributed by atoms with Crippen molar-refractivity contribution in [1.29, 1.82) is 0 Å². The summed E-state index contributed by atoms with van der Waals surface area (Å²) < 4.78 is 18.5. The fourth-order valence-corrected chi connectivity index (χ4v) is 1.84. The zero-order valence-corrected chi connectivity index (χ0v) is 11.0. The molecule has 3 nitrogen and oxygen atoms in total. The molecule has 1 atom stereocenters. The van der Waals surface area contributed by atoms with Crippen LogP contribution in [0.25, 0.3) is 0 Å². The Hall–Kier alpha value is -2.20. The molecule has 0 fully saturated rings. The van der Waals surface area contributed by atoms with Crippen LogP contribution in [0.4, 0.5) is 4.39 Å². The summed E-state index contributed by atoms with van der Waals surface area (Å²) in [5.41, 5.74) is -0.376. The number of hydrogen-bond donors (Lipinski definition) is 1. The van der Waals surface area contributed by atoms with Gasteiger partial charge in [0.15, 0.2) is 6.29 Å². The fourth-order valence-electron chi connectivity index (χ4n) is 1.84. The first-order valence-corrected chi connectivity index (χ1v) is 6.18. The van der Waals surface area contributed by atoms with Crippen LogP contribution in [0.1, 0.15) is 22.8 Å². The molecule has 104 valence electrons. The number of hydrogen-bond acceptors (Lipinski definition) is 3. The number of carbonyl (C=O) groups excluding carboxylic acids is 1. The van der Waals surface area contributed by atoms with E-state index in [0.29, 0.717) is 11.8 Å². The Labute approximate surface area is 116 Å². The van der Waals surface area contributed by atoms with Crippen molar-refractivity contribution < 1.29 is 19.0 Å². The van der Waals surface area contributed by atoms with Crippen LogP contribution >= 0.6 is 0 Å². The third kappa shape index (κ3) is 3.22. The van der Waals surface area contributed by atoms with Crippen LogP contribution in [-0.4, -0.2) is 18.0 Å². The molecule has 0 aliphatic heterocycles. The maximum absolute atomic E-state index is 13.0. The average Bonchev–Trinajstić information content (AvgIpc) is 2.46. The lowest BCUT2D eigenvalue weighted by Crippen LogP contribution is -2.29.